The zero-order chi connectivity index (χ0) is 20.9. The van der Waals surface area contributed by atoms with Crippen LogP contribution in [0.2, 0.25) is 0 Å². The van der Waals surface area contributed by atoms with Crippen LogP contribution >= 0.6 is 0 Å². The molecule has 4 rings (SSSR count). The predicted octanol–water partition coefficient (Wildman–Crippen LogP) is 3.81. The van der Waals surface area contributed by atoms with Crippen LogP contribution in [0.5, 0.6) is 5.75 Å². The first-order chi connectivity index (χ1) is 14.7. The summed E-state index contributed by atoms with van der Waals surface area (Å²) in [6.07, 6.45) is 6.24. The number of benzene rings is 1. The number of fused-ring (bicyclic) bond motifs is 1. The van der Waals surface area contributed by atoms with E-state index in [0.29, 0.717) is 6.54 Å². The maximum absolute atomic E-state index is 12.9. The summed E-state index contributed by atoms with van der Waals surface area (Å²) < 4.78 is 7.33. The van der Waals surface area contributed by atoms with E-state index in [1.165, 1.54) is 0 Å². The van der Waals surface area contributed by atoms with Gasteiger partial charge in [0, 0.05) is 55.2 Å². The Kier molecular flexibility index (Phi) is 5.75. The zero-order valence-electron chi connectivity index (χ0n) is 17.2. The molecular formula is C24H24N4O2. The first-order valence-corrected chi connectivity index (χ1v) is 9.88. The molecular weight excluding hydrogens is 376 g/mol. The fraction of sp³-hybridized carbons (Fsp3) is 0.208. The number of hydrogen-bond donors (Lipinski definition) is 0. The highest BCUT2D eigenvalue weighted by Crippen LogP contribution is 2.29. The Morgan fingerprint density at radius 1 is 1.07 bits per heavy atom. The minimum absolute atomic E-state index is 0.0453. The van der Waals surface area contributed by atoms with Crippen molar-refractivity contribution in [3.63, 3.8) is 0 Å². The molecule has 152 valence electrons. The average Bonchev–Trinajstić information content (AvgIpc) is 3.21. The predicted molar refractivity (Wildman–Crippen MR) is 117 cm³/mol. The molecule has 0 fully saturated rings. The lowest BCUT2D eigenvalue weighted by Gasteiger charge is -2.18. The topological polar surface area (TPSA) is 60.3 Å². The highest BCUT2D eigenvalue weighted by Gasteiger charge is 2.15. The fourth-order valence-corrected chi connectivity index (χ4v) is 3.48. The molecule has 0 atom stereocenters. The Bertz CT molecular complexity index is 1150. The molecule has 0 spiro atoms. The number of pyridine rings is 2. The molecule has 6 nitrogen and oxygen atoms in total. The van der Waals surface area contributed by atoms with Crippen LogP contribution in [0, 0.1) is 0 Å². The van der Waals surface area contributed by atoms with Gasteiger partial charge in [-0.05, 0) is 36.4 Å². The molecule has 30 heavy (non-hydrogen) atoms. The van der Waals surface area contributed by atoms with Gasteiger partial charge in [0.1, 0.15) is 12.3 Å². The van der Waals surface area contributed by atoms with Crippen LogP contribution in [0.1, 0.15) is 5.69 Å². The van der Waals surface area contributed by atoms with Gasteiger partial charge >= 0.3 is 0 Å². The molecule has 0 N–H and O–H groups in total. The van der Waals surface area contributed by atoms with Crippen molar-refractivity contribution in [2.45, 2.75) is 13.0 Å². The first-order valence-electron chi connectivity index (χ1n) is 9.88. The van der Waals surface area contributed by atoms with E-state index >= 15 is 0 Å². The molecule has 4 aromatic rings. The van der Waals surface area contributed by atoms with Gasteiger partial charge in [0.2, 0.25) is 5.91 Å². The maximum atomic E-state index is 12.9. The Hall–Kier alpha value is -3.67. The number of aromatic nitrogens is 3. The summed E-state index contributed by atoms with van der Waals surface area (Å²) >= 11 is 0. The monoisotopic (exact) mass is 400 g/mol. The summed E-state index contributed by atoms with van der Waals surface area (Å²) in [5.41, 5.74) is 3.71. The number of amides is 1. The van der Waals surface area contributed by atoms with E-state index in [9.17, 15) is 4.79 Å². The summed E-state index contributed by atoms with van der Waals surface area (Å²) in [6.45, 7) is 0.876. The van der Waals surface area contributed by atoms with Crippen LogP contribution in [-0.2, 0) is 17.8 Å². The second-order valence-electron chi connectivity index (χ2n) is 7.16. The van der Waals surface area contributed by atoms with Gasteiger partial charge in [-0.3, -0.25) is 14.8 Å². The van der Waals surface area contributed by atoms with Crippen molar-refractivity contribution < 1.29 is 9.53 Å². The van der Waals surface area contributed by atoms with E-state index in [2.05, 4.69) is 9.97 Å². The van der Waals surface area contributed by atoms with Crippen molar-refractivity contribution in [1.29, 1.82) is 0 Å². The molecule has 0 saturated carbocycles. The molecule has 1 amide bonds. The highest BCUT2D eigenvalue weighted by atomic mass is 16.5. The zero-order valence-corrected chi connectivity index (χ0v) is 17.2. The van der Waals surface area contributed by atoms with Crippen LogP contribution in [0.4, 0.5) is 0 Å². The lowest BCUT2D eigenvalue weighted by Crippen LogP contribution is -2.32. The number of nitrogens with zero attached hydrogens (tertiary/aromatic N) is 4. The van der Waals surface area contributed by atoms with Crippen molar-refractivity contribution in [2.24, 2.45) is 0 Å². The molecule has 6 heteroatoms. The molecule has 0 bridgehead atoms. The SMILES string of the molecule is COc1cccc(-c2nccc3ccn(CC(=O)N(C)CCc4ccccn4)c23)c1. The standard InChI is InChI=1S/C24H24N4O2/c1-27(14-11-20-7-3-4-12-25-20)22(29)17-28-15-10-18-9-13-26-23(24(18)28)19-6-5-8-21(16-19)30-2/h3-10,12-13,15-16H,11,14,17H2,1-2H3. The Labute approximate surface area is 175 Å². The van der Waals surface area contributed by atoms with E-state index < -0.39 is 0 Å². The number of hydrogen-bond acceptors (Lipinski definition) is 4. The van der Waals surface area contributed by atoms with Gasteiger partial charge in [0.05, 0.1) is 18.3 Å². The third kappa shape index (κ3) is 4.17. The summed E-state index contributed by atoms with van der Waals surface area (Å²) in [4.78, 5) is 23.5. The van der Waals surface area contributed by atoms with Crippen LogP contribution < -0.4 is 4.74 Å². The molecule has 0 aliphatic carbocycles. The summed E-state index contributed by atoms with van der Waals surface area (Å²) in [5.74, 6) is 0.818. The van der Waals surface area contributed by atoms with Gasteiger partial charge in [0.25, 0.3) is 0 Å². The number of ether oxygens (including phenoxy) is 1. The molecule has 3 aromatic heterocycles. The first kappa shape index (κ1) is 19.6. The Balaban J connectivity index is 1.56. The highest BCUT2D eigenvalue weighted by molar-refractivity contribution is 5.93. The number of carbonyl (C=O) groups is 1. The van der Waals surface area contributed by atoms with Crippen LogP contribution in [0.15, 0.2) is 73.2 Å². The lowest BCUT2D eigenvalue weighted by atomic mass is 10.1. The number of rotatable bonds is 7. The van der Waals surface area contributed by atoms with Gasteiger partial charge in [-0.25, -0.2) is 0 Å². The van der Waals surface area contributed by atoms with E-state index in [4.69, 9.17) is 4.74 Å². The third-order valence-corrected chi connectivity index (χ3v) is 5.18. The van der Waals surface area contributed by atoms with Crippen LogP contribution in [0.25, 0.3) is 22.2 Å². The number of carbonyl (C=O) groups excluding carboxylic acids is 1. The van der Waals surface area contributed by atoms with Crippen LogP contribution in [0.3, 0.4) is 0 Å². The third-order valence-electron chi connectivity index (χ3n) is 5.18. The van der Waals surface area contributed by atoms with Gasteiger partial charge in [-0.1, -0.05) is 18.2 Å². The van der Waals surface area contributed by atoms with Crippen molar-refractivity contribution in [3.05, 3.63) is 78.9 Å². The van der Waals surface area contributed by atoms with Gasteiger partial charge in [-0.2, -0.15) is 0 Å². The van der Waals surface area contributed by atoms with E-state index in [1.54, 1.807) is 24.4 Å². The van der Waals surface area contributed by atoms with Crippen molar-refractivity contribution in [3.8, 4) is 17.0 Å². The quantitative estimate of drug-likeness (QED) is 0.473. The molecule has 3 heterocycles. The van der Waals surface area contributed by atoms with Gasteiger partial charge in [0.15, 0.2) is 0 Å². The summed E-state index contributed by atoms with van der Waals surface area (Å²) in [5, 5.41) is 1.05. The van der Waals surface area contributed by atoms with Crippen LogP contribution in [-0.4, -0.2) is 46.0 Å². The van der Waals surface area contributed by atoms with E-state index in [-0.39, 0.29) is 12.5 Å². The van der Waals surface area contributed by atoms with Crippen molar-refractivity contribution in [2.75, 3.05) is 20.7 Å². The molecule has 0 saturated heterocycles. The molecule has 0 unspecified atom stereocenters. The normalized spacial score (nSPS) is 10.9. The van der Waals surface area contributed by atoms with Crippen molar-refractivity contribution in [1.82, 2.24) is 19.4 Å². The number of likely N-dealkylation sites (N-methyl/N-ethyl adjacent to an activating group) is 1. The average molecular weight is 400 g/mol. The second kappa shape index (κ2) is 8.78. The van der Waals surface area contributed by atoms with Crippen molar-refractivity contribution >= 4 is 16.8 Å². The van der Waals surface area contributed by atoms with E-state index in [1.807, 2.05) is 72.4 Å². The smallest absolute Gasteiger partial charge is 0.242 e. The molecule has 0 radical (unpaired) electrons. The molecule has 1 aromatic carbocycles. The molecule has 0 aliphatic heterocycles. The summed E-state index contributed by atoms with van der Waals surface area (Å²) in [6, 6.07) is 17.6. The maximum Gasteiger partial charge on any atom is 0.242 e. The van der Waals surface area contributed by atoms with Gasteiger partial charge < -0.3 is 14.2 Å². The minimum atomic E-state index is 0.0453. The van der Waals surface area contributed by atoms with E-state index in [0.717, 1.165) is 40.0 Å². The number of methoxy groups -OCH3 is 1. The Morgan fingerprint density at radius 3 is 2.77 bits per heavy atom. The minimum Gasteiger partial charge on any atom is -0.497 e. The second-order valence-corrected chi connectivity index (χ2v) is 7.16. The lowest BCUT2D eigenvalue weighted by molar-refractivity contribution is -0.130. The molecule has 0 aliphatic rings. The fourth-order valence-electron chi connectivity index (χ4n) is 3.48. The largest absolute Gasteiger partial charge is 0.497 e. The Morgan fingerprint density at radius 2 is 1.97 bits per heavy atom. The van der Waals surface area contributed by atoms with Gasteiger partial charge in [-0.15, -0.1) is 0 Å². The summed E-state index contributed by atoms with van der Waals surface area (Å²) in [7, 11) is 3.48.